The third kappa shape index (κ3) is 4.61. The average molecular weight is 340 g/mol. The Labute approximate surface area is 144 Å². The first kappa shape index (κ1) is 17.6. The van der Waals surface area contributed by atoms with Crippen LogP contribution < -0.4 is 5.32 Å². The molecule has 0 aromatic heterocycles. The van der Waals surface area contributed by atoms with Gasteiger partial charge in [0, 0.05) is 22.6 Å². The number of rotatable bonds is 6. The summed E-state index contributed by atoms with van der Waals surface area (Å²) in [6.45, 7) is 0. The zero-order valence-corrected chi connectivity index (χ0v) is 13.9. The van der Waals surface area contributed by atoms with E-state index in [2.05, 4.69) is 16.1 Å². The molecule has 0 aliphatic heterocycles. The number of nitriles is 1. The van der Waals surface area contributed by atoms with Crippen LogP contribution in [0.1, 0.15) is 27.1 Å². The average Bonchev–Trinajstić information content (AvgIpc) is 2.62. The quantitative estimate of drug-likeness (QED) is 0.492. The maximum atomic E-state index is 12.4. The van der Waals surface area contributed by atoms with E-state index in [9.17, 15) is 9.59 Å². The number of hydrogen-bond acceptors (Lipinski definition) is 5. The van der Waals surface area contributed by atoms with Gasteiger partial charge in [-0.1, -0.05) is 18.2 Å². The van der Waals surface area contributed by atoms with E-state index in [1.54, 1.807) is 24.3 Å². The van der Waals surface area contributed by atoms with Crippen LogP contribution in [-0.4, -0.2) is 24.7 Å². The molecule has 2 aromatic rings. The van der Waals surface area contributed by atoms with Gasteiger partial charge in [0.15, 0.2) is 0 Å². The topological polar surface area (TPSA) is 79.2 Å². The molecule has 2 aromatic carbocycles. The van der Waals surface area contributed by atoms with Crippen LogP contribution in [0.3, 0.4) is 0 Å². The maximum absolute atomic E-state index is 12.4. The summed E-state index contributed by atoms with van der Waals surface area (Å²) in [6, 6.07) is 15.8. The van der Waals surface area contributed by atoms with Crippen molar-refractivity contribution in [1.29, 1.82) is 5.26 Å². The fourth-order valence-electron chi connectivity index (χ4n) is 2.00. The number of para-hydroxylation sites is 1. The Balaban J connectivity index is 2.15. The number of anilines is 1. The second-order valence-electron chi connectivity index (χ2n) is 4.78. The first-order chi connectivity index (χ1) is 11.7. The Morgan fingerprint density at radius 2 is 1.92 bits per heavy atom. The van der Waals surface area contributed by atoms with Gasteiger partial charge in [0.05, 0.1) is 24.4 Å². The molecule has 6 heteroatoms. The third-order valence-electron chi connectivity index (χ3n) is 3.15. The van der Waals surface area contributed by atoms with Gasteiger partial charge in [0.25, 0.3) is 5.91 Å². The first-order valence-corrected chi connectivity index (χ1v) is 8.22. The largest absolute Gasteiger partial charge is 0.465 e. The highest BCUT2D eigenvalue weighted by Gasteiger charge is 2.12. The van der Waals surface area contributed by atoms with Crippen molar-refractivity contribution in [3.63, 3.8) is 0 Å². The molecule has 24 heavy (non-hydrogen) atoms. The Morgan fingerprint density at radius 1 is 1.17 bits per heavy atom. The smallest absolute Gasteiger partial charge is 0.337 e. The third-order valence-corrected chi connectivity index (χ3v) is 4.23. The molecule has 2 rings (SSSR count). The van der Waals surface area contributed by atoms with Crippen molar-refractivity contribution >= 4 is 29.3 Å². The number of methoxy groups -OCH3 is 1. The highest BCUT2D eigenvalue weighted by atomic mass is 32.2. The minimum Gasteiger partial charge on any atom is -0.465 e. The summed E-state index contributed by atoms with van der Waals surface area (Å²) in [6.07, 6.45) is 0.439. The second kappa shape index (κ2) is 8.75. The predicted molar refractivity (Wildman–Crippen MR) is 93.1 cm³/mol. The van der Waals surface area contributed by atoms with E-state index in [-0.39, 0.29) is 5.91 Å². The van der Waals surface area contributed by atoms with Crippen LogP contribution in [0.15, 0.2) is 53.4 Å². The molecule has 0 fully saturated rings. The molecule has 0 aliphatic rings. The van der Waals surface area contributed by atoms with Gasteiger partial charge in [-0.05, 0) is 30.3 Å². The number of thioether (sulfide) groups is 1. The van der Waals surface area contributed by atoms with Gasteiger partial charge in [0.1, 0.15) is 0 Å². The highest BCUT2D eigenvalue weighted by Crippen LogP contribution is 2.27. The first-order valence-electron chi connectivity index (χ1n) is 7.24. The monoisotopic (exact) mass is 340 g/mol. The molecular weight excluding hydrogens is 324 g/mol. The lowest BCUT2D eigenvalue weighted by Crippen LogP contribution is -2.13. The van der Waals surface area contributed by atoms with Gasteiger partial charge in [0.2, 0.25) is 0 Å². The Kier molecular flexibility index (Phi) is 6.41. The molecule has 0 radical (unpaired) electrons. The van der Waals surface area contributed by atoms with E-state index in [0.717, 1.165) is 4.90 Å². The van der Waals surface area contributed by atoms with Gasteiger partial charge >= 0.3 is 5.97 Å². The fourth-order valence-corrected chi connectivity index (χ4v) is 2.86. The molecule has 1 N–H and O–H groups in total. The summed E-state index contributed by atoms with van der Waals surface area (Å²) < 4.78 is 4.66. The van der Waals surface area contributed by atoms with Crippen molar-refractivity contribution in [3.05, 3.63) is 59.7 Å². The number of nitrogens with zero attached hydrogens (tertiary/aromatic N) is 1. The van der Waals surface area contributed by atoms with E-state index in [1.807, 2.05) is 18.2 Å². The molecule has 0 saturated carbocycles. The van der Waals surface area contributed by atoms with Crippen LogP contribution in [0.5, 0.6) is 0 Å². The van der Waals surface area contributed by atoms with Crippen molar-refractivity contribution < 1.29 is 14.3 Å². The number of nitrogens with one attached hydrogen (secondary N) is 1. The number of ether oxygens (including phenoxy) is 1. The highest BCUT2D eigenvalue weighted by molar-refractivity contribution is 7.99. The zero-order chi connectivity index (χ0) is 17.4. The van der Waals surface area contributed by atoms with Crippen LogP contribution in [0, 0.1) is 11.3 Å². The van der Waals surface area contributed by atoms with Crippen LogP contribution >= 0.6 is 11.8 Å². The van der Waals surface area contributed by atoms with E-state index in [1.165, 1.54) is 24.9 Å². The van der Waals surface area contributed by atoms with Gasteiger partial charge in [-0.25, -0.2) is 4.79 Å². The Morgan fingerprint density at radius 3 is 2.67 bits per heavy atom. The van der Waals surface area contributed by atoms with Gasteiger partial charge in [-0.15, -0.1) is 11.8 Å². The summed E-state index contributed by atoms with van der Waals surface area (Å²) in [5.74, 6) is -0.146. The number of esters is 1. The van der Waals surface area contributed by atoms with E-state index in [4.69, 9.17) is 5.26 Å². The summed E-state index contributed by atoms with van der Waals surface area (Å²) >= 11 is 1.51. The summed E-state index contributed by atoms with van der Waals surface area (Å²) in [4.78, 5) is 24.9. The standard InChI is InChI=1S/C18H16N2O3S/c1-23-18(22)14-7-4-6-13(12-14)17(21)20-15-8-2-3-9-16(15)24-11-5-10-19/h2-4,6-9,12H,5,11H2,1H3,(H,20,21). The van der Waals surface area contributed by atoms with Crippen molar-refractivity contribution in [3.8, 4) is 6.07 Å². The molecule has 0 atom stereocenters. The maximum Gasteiger partial charge on any atom is 0.337 e. The summed E-state index contributed by atoms with van der Waals surface area (Å²) in [7, 11) is 1.30. The molecule has 0 unspecified atom stereocenters. The van der Waals surface area contributed by atoms with E-state index < -0.39 is 5.97 Å². The van der Waals surface area contributed by atoms with Gasteiger partial charge in [-0.2, -0.15) is 5.26 Å². The molecule has 0 aliphatic carbocycles. The van der Waals surface area contributed by atoms with Crippen molar-refractivity contribution in [2.75, 3.05) is 18.2 Å². The van der Waals surface area contributed by atoms with Crippen LogP contribution in [-0.2, 0) is 4.74 Å². The number of carbonyl (C=O) groups excluding carboxylic acids is 2. The fraction of sp³-hybridized carbons (Fsp3) is 0.167. The molecule has 0 bridgehead atoms. The molecule has 5 nitrogen and oxygen atoms in total. The zero-order valence-electron chi connectivity index (χ0n) is 13.1. The van der Waals surface area contributed by atoms with Crippen molar-refractivity contribution in [2.24, 2.45) is 0 Å². The van der Waals surface area contributed by atoms with Gasteiger partial charge < -0.3 is 10.1 Å². The Hall–Kier alpha value is -2.78. The van der Waals surface area contributed by atoms with Crippen LogP contribution in [0.2, 0.25) is 0 Å². The summed E-state index contributed by atoms with van der Waals surface area (Å²) in [5, 5.41) is 11.5. The lowest BCUT2D eigenvalue weighted by atomic mass is 10.1. The molecule has 122 valence electrons. The number of hydrogen-bond donors (Lipinski definition) is 1. The van der Waals surface area contributed by atoms with Crippen LogP contribution in [0.25, 0.3) is 0 Å². The van der Waals surface area contributed by atoms with E-state index >= 15 is 0 Å². The SMILES string of the molecule is COC(=O)c1cccc(C(=O)Nc2ccccc2SCCC#N)c1. The molecule has 0 heterocycles. The normalized spacial score (nSPS) is 9.83. The lowest BCUT2D eigenvalue weighted by molar-refractivity contribution is 0.0600. The van der Waals surface area contributed by atoms with Crippen LogP contribution in [0.4, 0.5) is 5.69 Å². The second-order valence-corrected chi connectivity index (χ2v) is 5.92. The minimum absolute atomic E-state index is 0.311. The Bertz CT molecular complexity index is 784. The van der Waals surface area contributed by atoms with Gasteiger partial charge in [-0.3, -0.25) is 4.79 Å². The summed E-state index contributed by atoms with van der Waals surface area (Å²) in [5.41, 5.74) is 1.37. The minimum atomic E-state index is -0.489. The number of carbonyl (C=O) groups is 2. The van der Waals surface area contributed by atoms with Crippen molar-refractivity contribution in [1.82, 2.24) is 0 Å². The molecule has 1 amide bonds. The molecule has 0 spiro atoms. The molecular formula is C18H16N2O3S. The number of benzene rings is 2. The lowest BCUT2D eigenvalue weighted by Gasteiger charge is -2.10. The van der Waals surface area contributed by atoms with E-state index in [0.29, 0.717) is 29.0 Å². The molecule has 0 saturated heterocycles. The number of amides is 1. The van der Waals surface area contributed by atoms with Crippen molar-refractivity contribution in [2.45, 2.75) is 11.3 Å². The predicted octanol–water partition coefficient (Wildman–Crippen LogP) is 3.73.